The number of aryl methyl sites for hydroxylation is 2. The van der Waals surface area contributed by atoms with Gasteiger partial charge in [-0.3, -0.25) is 0 Å². The molecule has 0 aliphatic heterocycles. The van der Waals surface area contributed by atoms with Crippen LogP contribution in [0.4, 0.5) is 5.69 Å². The number of nitrogens with one attached hydrogen (secondary N) is 1. The fourth-order valence-electron chi connectivity index (χ4n) is 2.05. The molecule has 0 saturated carbocycles. The van der Waals surface area contributed by atoms with Gasteiger partial charge in [0.25, 0.3) is 0 Å². The third kappa shape index (κ3) is 6.00. The summed E-state index contributed by atoms with van der Waals surface area (Å²) in [6, 6.07) is 4.04. The van der Waals surface area contributed by atoms with Crippen LogP contribution in [0.25, 0.3) is 0 Å². The smallest absolute Gasteiger partial charge is 0.119 e. The van der Waals surface area contributed by atoms with E-state index in [4.69, 9.17) is 0 Å². The first-order chi connectivity index (χ1) is 9.22. The zero-order valence-corrected chi connectivity index (χ0v) is 13.3. The predicted octanol–water partition coefficient (Wildman–Crippen LogP) is 5.15. The minimum absolute atomic E-state index is 0.462. The Hall–Kier alpha value is -1.18. The Kier molecular flexibility index (Phi) is 10.1. The molecule has 0 radical (unpaired) electrons. The number of phenolic OH excluding ortho intramolecular Hbond substituents is 1. The minimum atomic E-state index is 0.462. The molecule has 0 fully saturated rings. The van der Waals surface area contributed by atoms with Crippen LogP contribution in [0.3, 0.4) is 0 Å². The number of anilines is 1. The fourth-order valence-corrected chi connectivity index (χ4v) is 2.05. The molecule has 0 heterocycles. The van der Waals surface area contributed by atoms with E-state index in [2.05, 4.69) is 25.2 Å². The molecule has 0 aromatic heterocycles. The summed E-state index contributed by atoms with van der Waals surface area (Å²) in [7, 11) is 1.95. The minimum Gasteiger partial charge on any atom is -0.508 e. The van der Waals surface area contributed by atoms with E-state index >= 15 is 0 Å². The summed E-state index contributed by atoms with van der Waals surface area (Å²) in [5.74, 6) is 0.462. The van der Waals surface area contributed by atoms with Crippen LogP contribution in [0.2, 0.25) is 0 Å². The summed E-state index contributed by atoms with van der Waals surface area (Å²) < 4.78 is 0. The lowest BCUT2D eigenvalue weighted by Crippen LogP contribution is -1.98. The monoisotopic (exact) mass is 265 g/mol. The van der Waals surface area contributed by atoms with Crippen molar-refractivity contribution in [3.63, 3.8) is 0 Å². The zero-order chi connectivity index (χ0) is 14.7. The maximum Gasteiger partial charge on any atom is 0.119 e. The van der Waals surface area contributed by atoms with E-state index in [-0.39, 0.29) is 0 Å². The largest absolute Gasteiger partial charge is 0.508 e. The van der Waals surface area contributed by atoms with Crippen LogP contribution in [-0.4, -0.2) is 12.2 Å². The number of phenols is 1. The van der Waals surface area contributed by atoms with Crippen molar-refractivity contribution in [2.75, 3.05) is 12.4 Å². The van der Waals surface area contributed by atoms with Gasteiger partial charge in [-0.25, -0.2) is 0 Å². The van der Waals surface area contributed by atoms with E-state index in [0.717, 1.165) is 31.2 Å². The zero-order valence-electron chi connectivity index (χ0n) is 13.3. The highest BCUT2D eigenvalue weighted by atomic mass is 16.3. The summed E-state index contributed by atoms with van der Waals surface area (Å²) in [6.45, 7) is 8.36. The first-order valence-corrected chi connectivity index (χ1v) is 7.75. The third-order valence-corrected chi connectivity index (χ3v) is 3.17. The van der Waals surface area contributed by atoms with Gasteiger partial charge in [-0.05, 0) is 48.9 Å². The van der Waals surface area contributed by atoms with Crippen LogP contribution in [0.5, 0.6) is 5.75 Å². The van der Waals surface area contributed by atoms with E-state index in [1.54, 1.807) is 0 Å². The molecule has 0 bridgehead atoms. The van der Waals surface area contributed by atoms with E-state index in [1.165, 1.54) is 24.1 Å². The average Bonchev–Trinajstić information content (AvgIpc) is 2.46. The van der Waals surface area contributed by atoms with E-state index < -0.39 is 0 Å². The molecule has 110 valence electrons. The van der Waals surface area contributed by atoms with Gasteiger partial charge in [-0.15, -0.1) is 0 Å². The standard InChI is InChI=1S/C15H25NO.C2H6/c1-4-6-8-12-11-15(17)13(9-7-5-2)10-14(12)16-3;1-2/h10-11,16-17H,4-9H2,1-3H3;1-2H3. The summed E-state index contributed by atoms with van der Waals surface area (Å²) in [6.07, 6.45) is 6.64. The van der Waals surface area contributed by atoms with E-state index in [1.807, 2.05) is 27.0 Å². The molecule has 0 atom stereocenters. The van der Waals surface area contributed by atoms with Crippen molar-refractivity contribution in [1.29, 1.82) is 0 Å². The average molecular weight is 265 g/mol. The van der Waals surface area contributed by atoms with Gasteiger partial charge < -0.3 is 10.4 Å². The molecule has 0 unspecified atom stereocenters. The molecule has 0 amide bonds. The SMILES string of the molecule is CC.CCCCc1cc(NC)c(CCCC)cc1O. The molecule has 0 saturated heterocycles. The first-order valence-electron chi connectivity index (χ1n) is 7.75. The van der Waals surface area contributed by atoms with Gasteiger partial charge in [-0.2, -0.15) is 0 Å². The van der Waals surface area contributed by atoms with Gasteiger partial charge in [-0.1, -0.05) is 40.5 Å². The van der Waals surface area contributed by atoms with Gasteiger partial charge in [0, 0.05) is 12.7 Å². The molecule has 2 heteroatoms. The maximum atomic E-state index is 10.0. The lowest BCUT2D eigenvalue weighted by molar-refractivity contribution is 0.466. The lowest BCUT2D eigenvalue weighted by atomic mass is 10.00. The summed E-state index contributed by atoms with van der Waals surface area (Å²) >= 11 is 0. The fraction of sp³-hybridized carbons (Fsp3) is 0.647. The Bertz CT molecular complexity index is 347. The van der Waals surface area contributed by atoms with Crippen molar-refractivity contribution >= 4 is 5.69 Å². The first kappa shape index (κ1) is 17.8. The molecule has 1 aromatic rings. The van der Waals surface area contributed by atoms with Crippen molar-refractivity contribution in [3.05, 3.63) is 23.3 Å². The number of unbranched alkanes of at least 4 members (excludes halogenated alkanes) is 2. The van der Waals surface area contributed by atoms with Crippen molar-refractivity contribution in [2.24, 2.45) is 0 Å². The van der Waals surface area contributed by atoms with Crippen molar-refractivity contribution in [1.82, 2.24) is 0 Å². The number of hydrogen-bond donors (Lipinski definition) is 2. The van der Waals surface area contributed by atoms with Crippen LogP contribution in [0.1, 0.15) is 64.5 Å². The Morgan fingerprint density at radius 3 is 1.95 bits per heavy atom. The number of benzene rings is 1. The molecule has 0 aliphatic carbocycles. The number of rotatable bonds is 7. The third-order valence-electron chi connectivity index (χ3n) is 3.17. The van der Waals surface area contributed by atoms with Gasteiger partial charge in [0.15, 0.2) is 0 Å². The van der Waals surface area contributed by atoms with Gasteiger partial charge in [0.2, 0.25) is 0 Å². The Balaban J connectivity index is 0.00000154. The molecule has 2 nitrogen and oxygen atoms in total. The van der Waals surface area contributed by atoms with Gasteiger partial charge in [0.1, 0.15) is 5.75 Å². The Morgan fingerprint density at radius 2 is 1.47 bits per heavy atom. The van der Waals surface area contributed by atoms with Crippen molar-refractivity contribution in [2.45, 2.75) is 66.2 Å². The Morgan fingerprint density at radius 1 is 0.947 bits per heavy atom. The highest BCUT2D eigenvalue weighted by Crippen LogP contribution is 2.28. The molecule has 2 N–H and O–H groups in total. The van der Waals surface area contributed by atoms with Crippen LogP contribution < -0.4 is 5.32 Å². The van der Waals surface area contributed by atoms with E-state index in [0.29, 0.717) is 5.75 Å². The number of aromatic hydroxyl groups is 1. The topological polar surface area (TPSA) is 32.3 Å². The molecule has 1 aromatic carbocycles. The summed E-state index contributed by atoms with van der Waals surface area (Å²) in [5, 5.41) is 13.2. The van der Waals surface area contributed by atoms with Crippen molar-refractivity contribution < 1.29 is 5.11 Å². The maximum absolute atomic E-state index is 10.0. The molecule has 0 spiro atoms. The predicted molar refractivity (Wildman–Crippen MR) is 86.2 cm³/mol. The van der Waals surface area contributed by atoms with E-state index in [9.17, 15) is 5.11 Å². The van der Waals surface area contributed by atoms with Crippen LogP contribution >= 0.6 is 0 Å². The normalized spacial score (nSPS) is 9.74. The molecule has 1 rings (SSSR count). The molecule has 19 heavy (non-hydrogen) atoms. The molecule has 0 aliphatic rings. The second-order valence-corrected chi connectivity index (χ2v) is 4.60. The van der Waals surface area contributed by atoms with Gasteiger partial charge in [0.05, 0.1) is 0 Å². The number of hydrogen-bond acceptors (Lipinski definition) is 2. The molecular formula is C17H31NO. The van der Waals surface area contributed by atoms with Crippen molar-refractivity contribution in [3.8, 4) is 5.75 Å². The van der Waals surface area contributed by atoms with Gasteiger partial charge >= 0.3 is 0 Å². The molecular weight excluding hydrogens is 234 g/mol. The summed E-state index contributed by atoms with van der Waals surface area (Å²) in [5.41, 5.74) is 3.46. The highest BCUT2D eigenvalue weighted by molar-refractivity contribution is 5.57. The Labute approximate surface area is 119 Å². The van der Waals surface area contributed by atoms with Crippen LogP contribution in [0, 0.1) is 0 Å². The lowest BCUT2D eigenvalue weighted by Gasteiger charge is -2.13. The van der Waals surface area contributed by atoms with Crippen LogP contribution in [0.15, 0.2) is 12.1 Å². The second kappa shape index (κ2) is 10.7. The quantitative estimate of drug-likeness (QED) is 0.669. The second-order valence-electron chi connectivity index (χ2n) is 4.60. The highest BCUT2D eigenvalue weighted by Gasteiger charge is 2.08. The van der Waals surface area contributed by atoms with Crippen LogP contribution in [-0.2, 0) is 12.8 Å². The summed E-state index contributed by atoms with van der Waals surface area (Å²) in [4.78, 5) is 0.